The van der Waals surface area contributed by atoms with Gasteiger partial charge in [-0.1, -0.05) is 27.5 Å². The van der Waals surface area contributed by atoms with Crippen LogP contribution < -0.4 is 5.32 Å². The second-order valence-electron chi connectivity index (χ2n) is 3.71. The third-order valence-corrected chi connectivity index (χ3v) is 3.14. The lowest BCUT2D eigenvalue weighted by Gasteiger charge is -2.09. The third-order valence-electron chi connectivity index (χ3n) is 2.41. The first kappa shape index (κ1) is 13.3. The molecule has 0 fully saturated rings. The van der Waals surface area contributed by atoms with Crippen LogP contribution in [0.25, 0.3) is 0 Å². The molecule has 0 atom stereocenters. The largest absolute Gasteiger partial charge is 0.378 e. The Kier molecular flexibility index (Phi) is 4.19. The van der Waals surface area contributed by atoms with E-state index < -0.39 is 5.82 Å². The molecule has 0 aliphatic heterocycles. The maximum atomic E-state index is 13.5. The van der Waals surface area contributed by atoms with Gasteiger partial charge in [-0.2, -0.15) is 0 Å². The van der Waals surface area contributed by atoms with Gasteiger partial charge in [-0.25, -0.2) is 8.78 Å². The summed E-state index contributed by atoms with van der Waals surface area (Å²) in [6.07, 6.45) is 0. The summed E-state index contributed by atoms with van der Waals surface area (Å²) in [5.41, 5.74) is 0.711. The van der Waals surface area contributed by atoms with Gasteiger partial charge in [0.05, 0.1) is 5.69 Å². The van der Waals surface area contributed by atoms with Crippen LogP contribution in [-0.4, -0.2) is 0 Å². The Morgan fingerprint density at radius 2 is 1.83 bits per heavy atom. The number of halogens is 4. The van der Waals surface area contributed by atoms with Gasteiger partial charge in [0, 0.05) is 21.6 Å². The van der Waals surface area contributed by atoms with Crippen molar-refractivity contribution in [2.24, 2.45) is 0 Å². The molecule has 0 aromatic heterocycles. The van der Waals surface area contributed by atoms with E-state index in [-0.39, 0.29) is 12.4 Å². The first-order chi connectivity index (χ1) is 8.56. The number of anilines is 1. The molecule has 0 amide bonds. The summed E-state index contributed by atoms with van der Waals surface area (Å²) in [6, 6.07) is 8.91. The molecule has 0 saturated carbocycles. The quantitative estimate of drug-likeness (QED) is 0.834. The lowest BCUT2D eigenvalue weighted by Crippen LogP contribution is -2.03. The van der Waals surface area contributed by atoms with Crippen LogP contribution in [0.1, 0.15) is 5.56 Å². The highest BCUT2D eigenvalue weighted by molar-refractivity contribution is 9.10. The summed E-state index contributed by atoms with van der Waals surface area (Å²) in [6.45, 7) is 0.172. The zero-order valence-corrected chi connectivity index (χ0v) is 11.5. The average Bonchev–Trinajstić information content (AvgIpc) is 2.32. The fourth-order valence-electron chi connectivity index (χ4n) is 1.50. The predicted molar refractivity (Wildman–Crippen MR) is 72.8 cm³/mol. The molecular weight excluding hydrogens is 324 g/mol. The van der Waals surface area contributed by atoms with Crippen LogP contribution in [0.4, 0.5) is 14.5 Å². The third kappa shape index (κ3) is 3.21. The van der Waals surface area contributed by atoms with Gasteiger partial charge in [-0.3, -0.25) is 0 Å². The summed E-state index contributed by atoms with van der Waals surface area (Å²) in [7, 11) is 0. The van der Waals surface area contributed by atoms with Crippen molar-refractivity contribution in [2.75, 3.05) is 5.32 Å². The van der Waals surface area contributed by atoms with Gasteiger partial charge in [-0.05, 0) is 36.4 Å². The van der Waals surface area contributed by atoms with E-state index >= 15 is 0 Å². The molecule has 1 N–H and O–H groups in total. The number of hydrogen-bond donors (Lipinski definition) is 1. The Morgan fingerprint density at radius 1 is 1.06 bits per heavy atom. The zero-order chi connectivity index (χ0) is 13.1. The Bertz CT molecular complexity index is 575. The topological polar surface area (TPSA) is 12.0 Å². The highest BCUT2D eigenvalue weighted by Crippen LogP contribution is 2.21. The maximum absolute atomic E-state index is 13.5. The minimum Gasteiger partial charge on any atom is -0.378 e. The molecule has 0 saturated heterocycles. The lowest BCUT2D eigenvalue weighted by atomic mass is 10.2. The molecule has 0 aliphatic rings. The summed E-state index contributed by atoms with van der Waals surface area (Å²) in [5, 5.41) is 3.28. The van der Waals surface area contributed by atoms with Crippen LogP contribution in [0.15, 0.2) is 40.9 Å². The van der Waals surface area contributed by atoms with E-state index in [0.29, 0.717) is 20.7 Å². The fraction of sp³-hybridized carbons (Fsp3) is 0.0769. The Hall–Kier alpha value is -1.13. The van der Waals surface area contributed by atoms with Crippen LogP contribution in [-0.2, 0) is 6.54 Å². The Morgan fingerprint density at radius 3 is 2.56 bits per heavy atom. The first-order valence-electron chi connectivity index (χ1n) is 5.19. The van der Waals surface area contributed by atoms with Gasteiger partial charge in [0.15, 0.2) is 0 Å². The average molecular weight is 333 g/mol. The molecule has 0 spiro atoms. The van der Waals surface area contributed by atoms with Crippen LogP contribution in [0.2, 0.25) is 5.02 Å². The van der Waals surface area contributed by atoms with Gasteiger partial charge in [0.2, 0.25) is 0 Å². The van der Waals surface area contributed by atoms with Crippen LogP contribution in [0.3, 0.4) is 0 Å². The van der Waals surface area contributed by atoms with E-state index in [1.165, 1.54) is 24.3 Å². The summed E-state index contributed by atoms with van der Waals surface area (Å²) >= 11 is 8.94. The van der Waals surface area contributed by atoms with Gasteiger partial charge < -0.3 is 5.32 Å². The second kappa shape index (κ2) is 5.67. The minimum absolute atomic E-state index is 0.172. The van der Waals surface area contributed by atoms with Gasteiger partial charge in [0.1, 0.15) is 11.6 Å². The van der Waals surface area contributed by atoms with Crippen molar-refractivity contribution in [3.8, 4) is 0 Å². The molecule has 1 nitrogen and oxygen atoms in total. The molecular formula is C13H9BrClF2N. The van der Waals surface area contributed by atoms with E-state index in [1.807, 2.05) is 0 Å². The van der Waals surface area contributed by atoms with Gasteiger partial charge in [-0.15, -0.1) is 0 Å². The summed E-state index contributed by atoms with van der Waals surface area (Å²) in [5.74, 6) is -0.767. The lowest BCUT2D eigenvalue weighted by molar-refractivity contribution is 0.610. The molecule has 18 heavy (non-hydrogen) atoms. The van der Waals surface area contributed by atoms with Crippen molar-refractivity contribution in [3.05, 3.63) is 63.1 Å². The zero-order valence-electron chi connectivity index (χ0n) is 9.18. The second-order valence-corrected chi connectivity index (χ2v) is 5.07. The van der Waals surface area contributed by atoms with Crippen LogP contribution in [0.5, 0.6) is 0 Å². The first-order valence-corrected chi connectivity index (χ1v) is 6.36. The SMILES string of the molecule is Fc1ccc(Cl)cc1CNc1ccc(Br)cc1F. The molecule has 0 bridgehead atoms. The van der Waals surface area contributed by atoms with Crippen LogP contribution >= 0.6 is 27.5 Å². The molecule has 2 rings (SSSR count). The van der Waals surface area contributed by atoms with Crippen LogP contribution in [0, 0.1) is 11.6 Å². The molecule has 2 aromatic carbocycles. The van der Waals surface area contributed by atoms with Gasteiger partial charge >= 0.3 is 0 Å². The molecule has 2 aromatic rings. The van der Waals surface area contributed by atoms with Crippen molar-refractivity contribution in [1.82, 2.24) is 0 Å². The van der Waals surface area contributed by atoms with Crippen molar-refractivity contribution < 1.29 is 8.78 Å². The molecule has 0 heterocycles. The van der Waals surface area contributed by atoms with E-state index in [0.717, 1.165) is 0 Å². The number of benzene rings is 2. The van der Waals surface area contributed by atoms with Gasteiger partial charge in [0.25, 0.3) is 0 Å². The van der Waals surface area contributed by atoms with Crippen molar-refractivity contribution in [2.45, 2.75) is 6.54 Å². The molecule has 94 valence electrons. The van der Waals surface area contributed by atoms with Crippen molar-refractivity contribution >= 4 is 33.2 Å². The van der Waals surface area contributed by atoms with E-state index in [2.05, 4.69) is 21.2 Å². The van der Waals surface area contributed by atoms with E-state index in [1.54, 1.807) is 12.1 Å². The highest BCUT2D eigenvalue weighted by Gasteiger charge is 2.05. The minimum atomic E-state index is -0.396. The fourth-order valence-corrected chi connectivity index (χ4v) is 2.03. The molecule has 0 unspecified atom stereocenters. The smallest absolute Gasteiger partial charge is 0.147 e. The molecule has 5 heteroatoms. The monoisotopic (exact) mass is 331 g/mol. The van der Waals surface area contributed by atoms with E-state index in [4.69, 9.17) is 11.6 Å². The van der Waals surface area contributed by atoms with E-state index in [9.17, 15) is 8.78 Å². The predicted octanol–water partition coefficient (Wildman–Crippen LogP) is 4.99. The normalized spacial score (nSPS) is 10.4. The summed E-state index contributed by atoms with van der Waals surface area (Å²) in [4.78, 5) is 0. The number of nitrogens with one attached hydrogen (secondary N) is 1. The summed E-state index contributed by atoms with van der Waals surface area (Å²) < 4.78 is 27.6. The number of hydrogen-bond acceptors (Lipinski definition) is 1. The highest BCUT2D eigenvalue weighted by atomic mass is 79.9. The van der Waals surface area contributed by atoms with Crippen molar-refractivity contribution in [3.63, 3.8) is 0 Å². The Labute approximate surface area is 117 Å². The Balaban J connectivity index is 2.13. The maximum Gasteiger partial charge on any atom is 0.147 e. The molecule has 0 aliphatic carbocycles. The molecule has 0 radical (unpaired) electrons. The standard InChI is InChI=1S/C13H9BrClF2N/c14-9-1-4-13(12(17)6-9)18-7-8-5-10(15)2-3-11(8)16/h1-6,18H,7H2. The van der Waals surface area contributed by atoms with Crippen molar-refractivity contribution in [1.29, 1.82) is 0 Å². The number of rotatable bonds is 3.